The van der Waals surface area contributed by atoms with Crippen LogP contribution in [-0.4, -0.2) is 20.9 Å². The standard InChI is InChI=1S/C25H26Cl2N2O3S/c1-16(2)20-8-5-7-18(4)25(20)28-23(30)15-29(22-10-6-9-21(26)24(22)27)33(31,32)19-13-11-17(3)12-14-19/h5-14,16H,15H2,1-4H3,(H,28,30). The molecule has 0 unspecified atom stereocenters. The van der Waals surface area contributed by atoms with Gasteiger partial charge in [-0.2, -0.15) is 0 Å². The van der Waals surface area contributed by atoms with E-state index < -0.39 is 22.5 Å². The molecule has 0 aliphatic carbocycles. The summed E-state index contributed by atoms with van der Waals surface area (Å²) in [5, 5.41) is 3.16. The molecule has 0 aliphatic rings. The summed E-state index contributed by atoms with van der Waals surface area (Å²) in [5.74, 6) is -0.312. The number of nitrogens with zero attached hydrogens (tertiary/aromatic N) is 1. The highest BCUT2D eigenvalue weighted by atomic mass is 35.5. The molecule has 8 heteroatoms. The quantitative estimate of drug-likeness (QED) is 0.395. The lowest BCUT2D eigenvalue weighted by Gasteiger charge is -2.26. The third-order valence-corrected chi connectivity index (χ3v) is 7.87. The molecule has 0 saturated carbocycles. The number of aryl methyl sites for hydroxylation is 2. The monoisotopic (exact) mass is 504 g/mol. The van der Waals surface area contributed by atoms with Gasteiger partial charge >= 0.3 is 0 Å². The van der Waals surface area contributed by atoms with E-state index in [9.17, 15) is 13.2 Å². The number of rotatable bonds is 7. The first-order valence-electron chi connectivity index (χ1n) is 10.4. The molecule has 174 valence electrons. The average Bonchev–Trinajstić information content (AvgIpc) is 2.75. The van der Waals surface area contributed by atoms with E-state index in [1.54, 1.807) is 24.3 Å². The molecule has 33 heavy (non-hydrogen) atoms. The summed E-state index contributed by atoms with van der Waals surface area (Å²) >= 11 is 12.5. The fourth-order valence-electron chi connectivity index (χ4n) is 3.47. The fraction of sp³-hybridized carbons (Fsp3) is 0.240. The van der Waals surface area contributed by atoms with Crippen LogP contribution in [0.25, 0.3) is 0 Å². The molecule has 0 spiro atoms. The van der Waals surface area contributed by atoms with Crippen molar-refractivity contribution < 1.29 is 13.2 Å². The number of nitrogens with one attached hydrogen (secondary N) is 1. The zero-order chi connectivity index (χ0) is 24.3. The second-order valence-electron chi connectivity index (χ2n) is 8.14. The summed E-state index contributed by atoms with van der Waals surface area (Å²) in [6, 6.07) is 16.9. The van der Waals surface area contributed by atoms with Crippen LogP contribution in [0.15, 0.2) is 65.6 Å². The minimum atomic E-state index is -4.10. The van der Waals surface area contributed by atoms with Gasteiger partial charge in [-0.1, -0.05) is 79.0 Å². The summed E-state index contributed by atoms with van der Waals surface area (Å²) in [6.07, 6.45) is 0. The van der Waals surface area contributed by atoms with Gasteiger partial charge < -0.3 is 5.32 Å². The van der Waals surface area contributed by atoms with Gasteiger partial charge in [0.2, 0.25) is 5.91 Å². The summed E-state index contributed by atoms with van der Waals surface area (Å²) in [4.78, 5) is 13.2. The van der Waals surface area contributed by atoms with Crippen LogP contribution in [0.5, 0.6) is 0 Å². The fourth-order valence-corrected chi connectivity index (χ4v) is 5.35. The van der Waals surface area contributed by atoms with Crippen LogP contribution in [0.3, 0.4) is 0 Å². The third kappa shape index (κ3) is 5.52. The van der Waals surface area contributed by atoms with Gasteiger partial charge in [0, 0.05) is 5.69 Å². The van der Waals surface area contributed by atoms with Crippen molar-refractivity contribution in [2.75, 3.05) is 16.2 Å². The zero-order valence-corrected chi connectivity index (χ0v) is 21.2. The molecular formula is C25H26Cl2N2O3S. The van der Waals surface area contributed by atoms with Crippen LogP contribution < -0.4 is 9.62 Å². The van der Waals surface area contributed by atoms with Crippen LogP contribution in [0.4, 0.5) is 11.4 Å². The second kappa shape index (κ2) is 10.2. The summed E-state index contributed by atoms with van der Waals surface area (Å²) < 4.78 is 28.2. The maximum atomic E-state index is 13.6. The SMILES string of the molecule is Cc1ccc(S(=O)(=O)N(CC(=O)Nc2c(C)cccc2C(C)C)c2cccc(Cl)c2Cl)cc1. The largest absolute Gasteiger partial charge is 0.324 e. The van der Waals surface area contributed by atoms with Crippen molar-refractivity contribution in [3.05, 3.63) is 87.4 Å². The molecule has 0 atom stereocenters. The lowest BCUT2D eigenvalue weighted by atomic mass is 9.98. The number of hydrogen-bond acceptors (Lipinski definition) is 3. The van der Waals surface area contributed by atoms with Crippen molar-refractivity contribution in [2.45, 2.75) is 38.5 Å². The van der Waals surface area contributed by atoms with Crippen molar-refractivity contribution >= 4 is 50.5 Å². The number of para-hydroxylation sites is 1. The summed E-state index contributed by atoms with van der Waals surface area (Å²) in [6.45, 7) is 7.36. The van der Waals surface area contributed by atoms with Gasteiger partial charge in [0.05, 0.1) is 20.6 Å². The highest BCUT2D eigenvalue weighted by Gasteiger charge is 2.29. The molecule has 0 bridgehead atoms. The second-order valence-corrected chi connectivity index (χ2v) is 10.8. The summed E-state index contributed by atoms with van der Waals surface area (Å²) in [7, 11) is -4.10. The molecule has 1 N–H and O–H groups in total. The smallest absolute Gasteiger partial charge is 0.264 e. The van der Waals surface area contributed by atoms with E-state index in [2.05, 4.69) is 5.32 Å². The Morgan fingerprint density at radius 1 is 0.970 bits per heavy atom. The Morgan fingerprint density at radius 2 is 1.61 bits per heavy atom. The number of anilines is 2. The predicted octanol–water partition coefficient (Wildman–Crippen LogP) is 6.57. The van der Waals surface area contributed by atoms with Gasteiger partial charge in [0.15, 0.2) is 0 Å². The number of halogens is 2. The Labute approximate surface area is 205 Å². The molecule has 3 rings (SSSR count). The number of sulfonamides is 1. The minimum Gasteiger partial charge on any atom is -0.324 e. The molecule has 0 saturated heterocycles. The van der Waals surface area contributed by atoms with E-state index in [-0.39, 0.29) is 26.5 Å². The van der Waals surface area contributed by atoms with Crippen LogP contribution >= 0.6 is 23.2 Å². The Hall–Kier alpha value is -2.54. The molecule has 0 heterocycles. The van der Waals surface area contributed by atoms with E-state index in [0.717, 1.165) is 21.0 Å². The highest BCUT2D eigenvalue weighted by Crippen LogP contribution is 2.35. The van der Waals surface area contributed by atoms with Crippen molar-refractivity contribution in [2.24, 2.45) is 0 Å². The zero-order valence-electron chi connectivity index (χ0n) is 18.9. The van der Waals surface area contributed by atoms with Crippen LogP contribution in [0, 0.1) is 13.8 Å². The van der Waals surface area contributed by atoms with Crippen molar-refractivity contribution in [1.82, 2.24) is 0 Å². The number of benzene rings is 3. The van der Waals surface area contributed by atoms with E-state index in [1.165, 1.54) is 18.2 Å². The Bertz CT molecular complexity index is 1270. The average molecular weight is 505 g/mol. The van der Waals surface area contributed by atoms with E-state index in [1.807, 2.05) is 45.9 Å². The van der Waals surface area contributed by atoms with Gasteiger partial charge in [-0.15, -0.1) is 0 Å². The first kappa shape index (κ1) is 25.1. The molecule has 0 aromatic heterocycles. The van der Waals surface area contributed by atoms with Gasteiger partial charge in [-0.25, -0.2) is 8.42 Å². The van der Waals surface area contributed by atoms with Crippen LogP contribution in [0.1, 0.15) is 36.5 Å². The molecule has 5 nitrogen and oxygen atoms in total. The minimum absolute atomic E-state index is 0.0516. The van der Waals surface area contributed by atoms with Crippen LogP contribution in [-0.2, 0) is 14.8 Å². The number of carbonyl (C=O) groups excluding carboxylic acids is 1. The van der Waals surface area contributed by atoms with Crippen molar-refractivity contribution in [3.63, 3.8) is 0 Å². The topological polar surface area (TPSA) is 66.5 Å². The Kier molecular flexibility index (Phi) is 7.73. The first-order valence-corrected chi connectivity index (χ1v) is 12.6. The van der Waals surface area contributed by atoms with Gasteiger partial charge in [0.1, 0.15) is 6.54 Å². The maximum Gasteiger partial charge on any atom is 0.264 e. The lowest BCUT2D eigenvalue weighted by molar-refractivity contribution is -0.114. The van der Waals surface area contributed by atoms with Crippen LogP contribution in [0.2, 0.25) is 10.0 Å². The molecule has 0 fully saturated rings. The molecule has 0 aliphatic heterocycles. The van der Waals surface area contributed by atoms with Crippen molar-refractivity contribution in [3.8, 4) is 0 Å². The number of carbonyl (C=O) groups is 1. The summed E-state index contributed by atoms with van der Waals surface area (Å²) in [5.41, 5.74) is 3.59. The normalized spacial score (nSPS) is 11.5. The van der Waals surface area contributed by atoms with Gasteiger partial charge in [-0.3, -0.25) is 9.10 Å². The number of hydrogen-bond donors (Lipinski definition) is 1. The Morgan fingerprint density at radius 3 is 2.24 bits per heavy atom. The first-order chi connectivity index (χ1) is 15.5. The van der Waals surface area contributed by atoms with Gasteiger partial charge in [0.25, 0.3) is 10.0 Å². The van der Waals surface area contributed by atoms with E-state index in [0.29, 0.717) is 5.69 Å². The van der Waals surface area contributed by atoms with E-state index >= 15 is 0 Å². The van der Waals surface area contributed by atoms with E-state index in [4.69, 9.17) is 23.2 Å². The number of amides is 1. The molecule has 3 aromatic carbocycles. The maximum absolute atomic E-state index is 13.6. The Balaban J connectivity index is 2.04. The highest BCUT2D eigenvalue weighted by molar-refractivity contribution is 7.92. The van der Waals surface area contributed by atoms with Crippen molar-refractivity contribution in [1.29, 1.82) is 0 Å². The molecule has 3 aromatic rings. The lowest BCUT2D eigenvalue weighted by Crippen LogP contribution is -2.38. The predicted molar refractivity (Wildman–Crippen MR) is 136 cm³/mol. The molecular weight excluding hydrogens is 479 g/mol. The third-order valence-electron chi connectivity index (χ3n) is 5.29. The molecule has 0 radical (unpaired) electrons. The molecule has 1 amide bonds. The van der Waals surface area contributed by atoms with Gasteiger partial charge in [-0.05, 0) is 55.2 Å².